The topological polar surface area (TPSA) is 66.5 Å². The number of halogens is 1. The van der Waals surface area contributed by atoms with Gasteiger partial charge in [0.15, 0.2) is 0 Å². The maximum Gasteiger partial charge on any atom is 0.115 e. The average molecular weight is 304 g/mol. The molecule has 1 saturated heterocycles. The van der Waals surface area contributed by atoms with Crippen molar-refractivity contribution in [1.82, 2.24) is 0 Å². The quantitative estimate of drug-likeness (QED) is 0.785. The van der Waals surface area contributed by atoms with Crippen molar-refractivity contribution in [1.29, 1.82) is 0 Å². The number of hydrogen-bond acceptors (Lipinski definition) is 4. The fourth-order valence-electron chi connectivity index (χ4n) is 2.69. The lowest BCUT2D eigenvalue weighted by molar-refractivity contribution is -0.0455. The van der Waals surface area contributed by atoms with Gasteiger partial charge in [-0.15, -0.1) is 12.4 Å². The van der Waals surface area contributed by atoms with E-state index in [4.69, 9.17) is 5.73 Å². The van der Waals surface area contributed by atoms with E-state index < -0.39 is 11.1 Å². The van der Waals surface area contributed by atoms with Crippen LogP contribution in [0.15, 0.2) is 24.3 Å². The fraction of sp³-hybridized carbons (Fsp3) is 0.571. The molecule has 108 valence electrons. The summed E-state index contributed by atoms with van der Waals surface area (Å²) >= 11 is 1.83. The van der Waals surface area contributed by atoms with E-state index in [1.54, 1.807) is 18.2 Å². The molecular formula is C14H22ClNO2S. The van der Waals surface area contributed by atoms with Crippen LogP contribution in [0.1, 0.15) is 25.8 Å². The molecule has 0 aliphatic carbocycles. The number of nitrogens with two attached hydrogens (primary N) is 1. The van der Waals surface area contributed by atoms with E-state index >= 15 is 0 Å². The Hall–Kier alpha value is -0.420. The molecule has 19 heavy (non-hydrogen) atoms. The van der Waals surface area contributed by atoms with Crippen LogP contribution in [0.5, 0.6) is 5.75 Å². The highest BCUT2D eigenvalue weighted by Gasteiger charge is 2.46. The SMILES string of the molecule is CC(C)(N)[C@H]1CSCC[C@@]1(O)c1cccc(O)c1.Cl. The van der Waals surface area contributed by atoms with Crippen molar-refractivity contribution in [2.24, 2.45) is 11.7 Å². The zero-order valence-electron chi connectivity index (χ0n) is 11.3. The maximum atomic E-state index is 11.1. The number of benzene rings is 1. The second-order valence-corrected chi connectivity index (χ2v) is 6.82. The molecule has 0 aromatic heterocycles. The first-order chi connectivity index (χ1) is 8.34. The van der Waals surface area contributed by atoms with Gasteiger partial charge in [-0.2, -0.15) is 11.8 Å². The molecule has 0 spiro atoms. The first-order valence-electron chi connectivity index (χ1n) is 6.22. The van der Waals surface area contributed by atoms with Crippen LogP contribution in [0.25, 0.3) is 0 Å². The standard InChI is InChI=1S/C14H21NO2S.ClH/c1-13(2,15)12-9-18-7-6-14(12,17)10-4-3-5-11(16)8-10;/h3-5,8,12,16-17H,6-7,9,15H2,1-2H3;1H/t12-,14-;/m1./s1. The number of rotatable bonds is 2. The van der Waals surface area contributed by atoms with E-state index in [0.29, 0.717) is 6.42 Å². The Labute approximate surface area is 125 Å². The minimum atomic E-state index is -0.942. The molecule has 0 amide bonds. The zero-order chi connectivity index (χ0) is 13.4. The third-order valence-corrected chi connectivity index (χ3v) is 4.79. The van der Waals surface area contributed by atoms with Gasteiger partial charge in [-0.25, -0.2) is 0 Å². The first-order valence-corrected chi connectivity index (χ1v) is 7.38. The summed E-state index contributed by atoms with van der Waals surface area (Å²) in [4.78, 5) is 0. The van der Waals surface area contributed by atoms with Crippen molar-refractivity contribution in [3.05, 3.63) is 29.8 Å². The maximum absolute atomic E-state index is 11.1. The molecule has 0 bridgehead atoms. The third kappa shape index (κ3) is 3.37. The molecule has 5 heteroatoms. The number of aliphatic hydroxyl groups is 1. The monoisotopic (exact) mass is 303 g/mol. The van der Waals surface area contributed by atoms with Gasteiger partial charge in [0.05, 0.1) is 5.60 Å². The van der Waals surface area contributed by atoms with Crippen LogP contribution in [0.3, 0.4) is 0 Å². The lowest BCUT2D eigenvalue weighted by Gasteiger charge is -2.46. The molecule has 0 saturated carbocycles. The third-order valence-electron chi connectivity index (χ3n) is 3.73. The Kier molecular flexibility index (Phi) is 5.18. The number of phenols is 1. The summed E-state index contributed by atoms with van der Waals surface area (Å²) in [6.07, 6.45) is 0.673. The molecule has 1 aromatic rings. The molecule has 1 aromatic carbocycles. The number of phenolic OH excluding ortho intramolecular Hbond substituents is 1. The van der Waals surface area contributed by atoms with Crippen molar-refractivity contribution in [3.63, 3.8) is 0 Å². The Morgan fingerprint density at radius 1 is 1.42 bits per heavy atom. The van der Waals surface area contributed by atoms with Gasteiger partial charge < -0.3 is 15.9 Å². The molecule has 1 fully saturated rings. The van der Waals surface area contributed by atoms with Crippen molar-refractivity contribution in [3.8, 4) is 5.75 Å². The van der Waals surface area contributed by atoms with Crippen LogP contribution in [0.4, 0.5) is 0 Å². The van der Waals surface area contributed by atoms with E-state index in [1.165, 1.54) is 0 Å². The first kappa shape index (κ1) is 16.6. The minimum absolute atomic E-state index is 0. The Morgan fingerprint density at radius 3 is 2.68 bits per heavy atom. The van der Waals surface area contributed by atoms with Gasteiger partial charge in [0, 0.05) is 17.2 Å². The van der Waals surface area contributed by atoms with Gasteiger partial charge in [0.25, 0.3) is 0 Å². The minimum Gasteiger partial charge on any atom is -0.508 e. The Morgan fingerprint density at radius 2 is 2.11 bits per heavy atom. The molecule has 1 heterocycles. The normalized spacial score (nSPS) is 27.7. The van der Waals surface area contributed by atoms with Crippen LogP contribution < -0.4 is 5.73 Å². The summed E-state index contributed by atoms with van der Waals surface area (Å²) in [6.45, 7) is 3.91. The summed E-state index contributed by atoms with van der Waals surface area (Å²) in [5, 5.41) is 20.7. The predicted octanol–water partition coefficient (Wildman–Crippen LogP) is 2.49. The largest absolute Gasteiger partial charge is 0.508 e. The highest BCUT2D eigenvalue weighted by atomic mass is 35.5. The molecule has 2 rings (SSSR count). The molecule has 2 atom stereocenters. The lowest BCUT2D eigenvalue weighted by Crippen LogP contribution is -2.55. The predicted molar refractivity (Wildman–Crippen MR) is 83.0 cm³/mol. The van der Waals surface area contributed by atoms with Crippen molar-refractivity contribution in [2.75, 3.05) is 11.5 Å². The molecule has 1 aliphatic rings. The molecule has 1 aliphatic heterocycles. The second-order valence-electron chi connectivity index (χ2n) is 5.67. The molecule has 3 nitrogen and oxygen atoms in total. The lowest BCUT2D eigenvalue weighted by atomic mass is 9.71. The second kappa shape index (κ2) is 5.92. The van der Waals surface area contributed by atoms with E-state index in [-0.39, 0.29) is 24.1 Å². The van der Waals surface area contributed by atoms with Crippen LogP contribution in [0.2, 0.25) is 0 Å². The Bertz CT molecular complexity index is 436. The Balaban J connectivity index is 0.00000180. The van der Waals surface area contributed by atoms with E-state index in [1.807, 2.05) is 31.7 Å². The molecule has 4 N–H and O–H groups in total. The smallest absolute Gasteiger partial charge is 0.115 e. The van der Waals surface area contributed by atoms with Gasteiger partial charge in [-0.3, -0.25) is 0 Å². The van der Waals surface area contributed by atoms with E-state index in [0.717, 1.165) is 17.1 Å². The van der Waals surface area contributed by atoms with Crippen molar-refractivity contribution >= 4 is 24.2 Å². The van der Waals surface area contributed by atoms with E-state index in [2.05, 4.69) is 0 Å². The van der Waals surface area contributed by atoms with Crippen molar-refractivity contribution < 1.29 is 10.2 Å². The van der Waals surface area contributed by atoms with Gasteiger partial charge in [-0.1, -0.05) is 12.1 Å². The summed E-state index contributed by atoms with van der Waals surface area (Å²) in [6, 6.07) is 6.90. The van der Waals surface area contributed by atoms with Crippen LogP contribution in [-0.4, -0.2) is 27.3 Å². The molecular weight excluding hydrogens is 282 g/mol. The average Bonchev–Trinajstić information content (AvgIpc) is 2.28. The van der Waals surface area contributed by atoms with Crippen LogP contribution in [-0.2, 0) is 5.60 Å². The van der Waals surface area contributed by atoms with Gasteiger partial charge in [0.1, 0.15) is 5.75 Å². The van der Waals surface area contributed by atoms with Crippen LogP contribution in [0, 0.1) is 5.92 Å². The summed E-state index contributed by atoms with van der Waals surface area (Å²) < 4.78 is 0. The fourth-order valence-corrected chi connectivity index (χ4v) is 4.26. The van der Waals surface area contributed by atoms with Gasteiger partial charge >= 0.3 is 0 Å². The highest BCUT2D eigenvalue weighted by molar-refractivity contribution is 7.99. The number of hydrogen-bond donors (Lipinski definition) is 3. The number of aromatic hydroxyl groups is 1. The molecule has 0 radical (unpaired) electrons. The van der Waals surface area contributed by atoms with E-state index in [9.17, 15) is 10.2 Å². The number of thioether (sulfide) groups is 1. The summed E-state index contributed by atoms with van der Waals surface area (Å²) in [5.74, 6) is 1.92. The summed E-state index contributed by atoms with van der Waals surface area (Å²) in [5.41, 5.74) is 5.60. The zero-order valence-corrected chi connectivity index (χ0v) is 12.9. The van der Waals surface area contributed by atoms with Gasteiger partial charge in [0.2, 0.25) is 0 Å². The highest BCUT2D eigenvalue weighted by Crippen LogP contribution is 2.45. The van der Waals surface area contributed by atoms with Crippen LogP contribution >= 0.6 is 24.2 Å². The molecule has 0 unspecified atom stereocenters. The van der Waals surface area contributed by atoms with Gasteiger partial charge in [-0.05, 0) is 43.7 Å². The summed E-state index contributed by atoms with van der Waals surface area (Å²) in [7, 11) is 0. The van der Waals surface area contributed by atoms with Crippen molar-refractivity contribution in [2.45, 2.75) is 31.4 Å².